The van der Waals surface area contributed by atoms with Gasteiger partial charge in [-0.3, -0.25) is 10.1 Å². The molecule has 1 aliphatic heterocycles. The second-order valence-corrected chi connectivity index (χ2v) is 6.35. The number of ether oxygens (including phenoxy) is 2. The van der Waals surface area contributed by atoms with E-state index in [4.69, 9.17) is 9.47 Å². The summed E-state index contributed by atoms with van der Waals surface area (Å²) in [5.41, 5.74) is 1.93. The second-order valence-electron chi connectivity index (χ2n) is 6.35. The Morgan fingerprint density at radius 3 is 3.12 bits per heavy atom. The van der Waals surface area contributed by atoms with Crippen LogP contribution in [0.1, 0.15) is 39.0 Å². The van der Waals surface area contributed by atoms with E-state index < -0.39 is 0 Å². The van der Waals surface area contributed by atoms with Gasteiger partial charge in [0, 0.05) is 32.8 Å². The van der Waals surface area contributed by atoms with Crippen molar-refractivity contribution >= 4 is 22.9 Å². The van der Waals surface area contributed by atoms with Gasteiger partial charge in [0.15, 0.2) is 0 Å². The fraction of sp³-hybridized carbons (Fsp3) is 0.579. The molecule has 0 spiro atoms. The quantitative estimate of drug-likeness (QED) is 0.708. The van der Waals surface area contributed by atoms with Crippen LogP contribution in [0.25, 0.3) is 11.0 Å². The lowest BCUT2D eigenvalue weighted by molar-refractivity contribution is -0.116. The average molecular weight is 345 g/mol. The van der Waals surface area contributed by atoms with Crippen LogP contribution in [0.15, 0.2) is 24.3 Å². The van der Waals surface area contributed by atoms with Gasteiger partial charge in [-0.15, -0.1) is 0 Å². The third kappa shape index (κ3) is 4.80. The van der Waals surface area contributed by atoms with Crippen molar-refractivity contribution in [3.63, 3.8) is 0 Å². The van der Waals surface area contributed by atoms with E-state index in [2.05, 4.69) is 14.9 Å². The van der Waals surface area contributed by atoms with Gasteiger partial charge in [-0.1, -0.05) is 12.1 Å². The Morgan fingerprint density at radius 1 is 1.44 bits per heavy atom. The third-order valence-electron chi connectivity index (χ3n) is 4.50. The van der Waals surface area contributed by atoms with Crippen LogP contribution >= 0.6 is 0 Å². The molecule has 1 unspecified atom stereocenters. The number of carbonyl (C=O) groups is 1. The minimum Gasteiger partial charge on any atom is -0.382 e. The van der Waals surface area contributed by atoms with Crippen molar-refractivity contribution in [3.8, 4) is 0 Å². The molecule has 0 saturated carbocycles. The van der Waals surface area contributed by atoms with Crippen molar-refractivity contribution in [1.82, 2.24) is 9.55 Å². The van der Waals surface area contributed by atoms with Gasteiger partial charge in [-0.25, -0.2) is 4.98 Å². The molecule has 136 valence electrons. The fourth-order valence-corrected chi connectivity index (χ4v) is 3.22. The summed E-state index contributed by atoms with van der Waals surface area (Å²) >= 11 is 0. The lowest BCUT2D eigenvalue weighted by atomic mass is 10.1. The number of hydrogen-bond acceptors (Lipinski definition) is 4. The van der Waals surface area contributed by atoms with Crippen LogP contribution in [0.3, 0.4) is 0 Å². The smallest absolute Gasteiger partial charge is 0.226 e. The largest absolute Gasteiger partial charge is 0.382 e. The van der Waals surface area contributed by atoms with Gasteiger partial charge >= 0.3 is 0 Å². The Balaban J connectivity index is 1.65. The summed E-state index contributed by atoms with van der Waals surface area (Å²) in [7, 11) is 0. The molecular weight excluding hydrogens is 318 g/mol. The van der Waals surface area contributed by atoms with Crippen molar-refractivity contribution < 1.29 is 14.3 Å². The van der Waals surface area contributed by atoms with Crippen LogP contribution in [0, 0.1) is 0 Å². The van der Waals surface area contributed by atoms with E-state index in [-0.39, 0.29) is 12.0 Å². The summed E-state index contributed by atoms with van der Waals surface area (Å²) in [5, 5.41) is 2.98. The Labute approximate surface area is 148 Å². The zero-order valence-electron chi connectivity index (χ0n) is 14.9. The number of imidazole rings is 1. The van der Waals surface area contributed by atoms with E-state index in [1.165, 1.54) is 0 Å². The molecule has 6 nitrogen and oxygen atoms in total. The number of aryl methyl sites for hydroxylation is 1. The van der Waals surface area contributed by atoms with Crippen molar-refractivity contribution in [2.75, 3.05) is 25.1 Å². The van der Waals surface area contributed by atoms with Crippen LogP contribution in [0.2, 0.25) is 0 Å². The summed E-state index contributed by atoms with van der Waals surface area (Å²) in [5.74, 6) is 0.618. The number of para-hydroxylation sites is 2. The molecule has 1 atom stereocenters. The lowest BCUT2D eigenvalue weighted by Gasteiger charge is -2.11. The molecule has 1 aromatic carbocycles. The predicted octanol–water partition coefficient (Wildman–Crippen LogP) is 3.36. The molecular formula is C19H27N3O3. The van der Waals surface area contributed by atoms with Crippen LogP contribution in [-0.2, 0) is 20.8 Å². The van der Waals surface area contributed by atoms with Crippen LogP contribution in [0.4, 0.5) is 5.95 Å². The van der Waals surface area contributed by atoms with E-state index >= 15 is 0 Å². The minimum atomic E-state index is -0.00290. The Bertz CT molecular complexity index is 692. The van der Waals surface area contributed by atoms with Crippen molar-refractivity contribution in [2.45, 2.75) is 51.7 Å². The highest BCUT2D eigenvalue weighted by Gasteiger charge is 2.18. The fourth-order valence-electron chi connectivity index (χ4n) is 3.22. The topological polar surface area (TPSA) is 65.4 Å². The molecule has 25 heavy (non-hydrogen) atoms. The van der Waals surface area contributed by atoms with Crippen molar-refractivity contribution in [1.29, 1.82) is 0 Å². The summed E-state index contributed by atoms with van der Waals surface area (Å²) in [4.78, 5) is 16.9. The van der Waals surface area contributed by atoms with E-state index in [0.29, 0.717) is 19.0 Å². The predicted molar refractivity (Wildman–Crippen MR) is 97.7 cm³/mol. The highest BCUT2D eigenvalue weighted by Crippen LogP contribution is 2.21. The number of rotatable bonds is 9. The SMILES string of the molecule is CCOCCCn1c(NC(=O)CCC2CCCO2)nc2ccccc21. The Morgan fingerprint density at radius 2 is 2.32 bits per heavy atom. The van der Waals surface area contributed by atoms with Crippen LogP contribution in [-0.4, -0.2) is 41.4 Å². The lowest BCUT2D eigenvalue weighted by Crippen LogP contribution is -2.18. The molecule has 2 heterocycles. The van der Waals surface area contributed by atoms with Gasteiger partial charge in [-0.05, 0) is 44.7 Å². The average Bonchev–Trinajstić information content (AvgIpc) is 3.25. The molecule has 0 radical (unpaired) electrons. The number of anilines is 1. The van der Waals surface area contributed by atoms with E-state index in [0.717, 1.165) is 56.5 Å². The van der Waals surface area contributed by atoms with E-state index in [1.807, 2.05) is 31.2 Å². The third-order valence-corrected chi connectivity index (χ3v) is 4.50. The number of fused-ring (bicyclic) bond motifs is 1. The molecule has 1 N–H and O–H groups in total. The first-order valence-electron chi connectivity index (χ1n) is 9.22. The molecule has 1 aromatic heterocycles. The number of hydrogen-bond donors (Lipinski definition) is 1. The first-order valence-corrected chi connectivity index (χ1v) is 9.22. The first-order chi connectivity index (χ1) is 12.3. The van der Waals surface area contributed by atoms with Crippen molar-refractivity contribution in [2.24, 2.45) is 0 Å². The molecule has 6 heteroatoms. The van der Waals surface area contributed by atoms with Crippen LogP contribution in [0.5, 0.6) is 0 Å². The normalized spacial score (nSPS) is 17.2. The van der Waals surface area contributed by atoms with Gasteiger partial charge < -0.3 is 14.0 Å². The monoisotopic (exact) mass is 345 g/mol. The maximum atomic E-state index is 12.3. The van der Waals surface area contributed by atoms with E-state index in [1.54, 1.807) is 0 Å². The molecule has 3 rings (SSSR count). The zero-order chi connectivity index (χ0) is 17.5. The Kier molecular flexibility index (Phi) is 6.42. The molecule has 1 saturated heterocycles. The summed E-state index contributed by atoms with van der Waals surface area (Å²) in [6, 6.07) is 7.95. The number of amides is 1. The maximum absolute atomic E-state index is 12.3. The number of aromatic nitrogens is 2. The van der Waals surface area contributed by atoms with Gasteiger partial charge in [-0.2, -0.15) is 0 Å². The van der Waals surface area contributed by atoms with Gasteiger partial charge in [0.25, 0.3) is 0 Å². The number of carbonyl (C=O) groups excluding carboxylic acids is 1. The second kappa shape index (κ2) is 8.97. The first kappa shape index (κ1) is 17.9. The molecule has 0 aliphatic carbocycles. The van der Waals surface area contributed by atoms with Gasteiger partial charge in [0.1, 0.15) is 0 Å². The molecule has 1 fully saturated rings. The minimum absolute atomic E-state index is 0.00290. The molecule has 2 aromatic rings. The number of nitrogens with zero attached hydrogens (tertiary/aromatic N) is 2. The standard InChI is InChI=1S/C19H27N3O3/c1-2-24-13-6-12-22-17-9-4-3-8-16(17)20-19(22)21-18(23)11-10-15-7-5-14-25-15/h3-4,8-9,15H,2,5-7,10-14H2,1H3,(H,20,21,23). The number of nitrogens with one attached hydrogen (secondary N) is 1. The van der Waals surface area contributed by atoms with Crippen LogP contribution < -0.4 is 5.32 Å². The molecule has 0 bridgehead atoms. The Hall–Kier alpha value is -1.92. The number of benzene rings is 1. The maximum Gasteiger partial charge on any atom is 0.226 e. The van der Waals surface area contributed by atoms with Crippen molar-refractivity contribution in [3.05, 3.63) is 24.3 Å². The summed E-state index contributed by atoms with van der Waals surface area (Å²) in [6.45, 7) is 5.00. The van der Waals surface area contributed by atoms with Gasteiger partial charge in [0.05, 0.1) is 17.1 Å². The highest BCUT2D eigenvalue weighted by molar-refractivity contribution is 5.91. The summed E-state index contributed by atoms with van der Waals surface area (Å²) in [6.07, 6.45) is 4.51. The van der Waals surface area contributed by atoms with Gasteiger partial charge in [0.2, 0.25) is 11.9 Å². The summed E-state index contributed by atoms with van der Waals surface area (Å²) < 4.78 is 13.1. The highest BCUT2D eigenvalue weighted by atomic mass is 16.5. The van der Waals surface area contributed by atoms with E-state index in [9.17, 15) is 4.79 Å². The molecule has 1 aliphatic rings. The zero-order valence-corrected chi connectivity index (χ0v) is 14.9. The molecule has 1 amide bonds.